The minimum atomic E-state index is 0.501. The molecule has 0 atom stereocenters. The summed E-state index contributed by atoms with van der Waals surface area (Å²) in [7, 11) is 0. The molecule has 59 heavy (non-hydrogen) atoms. The third kappa shape index (κ3) is 5.57. The number of rotatable bonds is 7. The first kappa shape index (κ1) is 33.0. The van der Waals surface area contributed by atoms with Crippen LogP contribution in [0.5, 0.6) is 0 Å². The van der Waals surface area contributed by atoms with Gasteiger partial charge in [0.1, 0.15) is 16.6 Å². The molecule has 0 bridgehead atoms. The van der Waals surface area contributed by atoms with Gasteiger partial charge in [0, 0.05) is 56.3 Å². The summed E-state index contributed by atoms with van der Waals surface area (Å²) in [5.74, 6) is 1.64. The van der Waals surface area contributed by atoms with Crippen molar-refractivity contribution in [2.75, 3.05) is 4.90 Å². The number of benzene rings is 8. The molecule has 0 radical (unpaired) electrons. The Kier molecular flexibility index (Phi) is 7.36. The van der Waals surface area contributed by atoms with Crippen molar-refractivity contribution in [1.29, 1.82) is 0 Å². The highest BCUT2D eigenvalue weighted by atomic mass is 16.4. The van der Waals surface area contributed by atoms with E-state index in [9.17, 15) is 0 Å². The molecule has 0 amide bonds. The van der Waals surface area contributed by atoms with Crippen LogP contribution < -0.4 is 4.90 Å². The fourth-order valence-electron chi connectivity index (χ4n) is 8.09. The maximum Gasteiger partial charge on any atom is 0.227 e. The van der Waals surface area contributed by atoms with Crippen molar-refractivity contribution in [3.8, 4) is 40.0 Å². The average Bonchev–Trinajstić information content (AvgIpc) is 4.10. The summed E-state index contributed by atoms with van der Waals surface area (Å²) in [5, 5.41) is 2.31. The Morgan fingerprint density at radius 3 is 1.66 bits per heavy atom. The van der Waals surface area contributed by atoms with Gasteiger partial charge in [-0.2, -0.15) is 0 Å². The summed E-state index contributed by atoms with van der Waals surface area (Å²) in [6.07, 6.45) is 0. The minimum Gasteiger partial charge on any atom is -0.436 e. The van der Waals surface area contributed by atoms with Crippen molar-refractivity contribution in [2.45, 2.75) is 0 Å². The predicted octanol–water partition coefficient (Wildman–Crippen LogP) is 13.7. The molecule has 0 aliphatic rings. The first-order chi connectivity index (χ1) is 29.2. The molecular weight excluding hydrogens is 731 g/mol. The first-order valence-electron chi connectivity index (χ1n) is 19.4. The number of para-hydroxylation sites is 5. The molecule has 12 rings (SSSR count). The largest absolute Gasteiger partial charge is 0.436 e. The fraction of sp³-hybridized carbons (Fsp3) is 0. The molecule has 8 heteroatoms. The zero-order valence-electron chi connectivity index (χ0n) is 31.4. The SMILES string of the molecule is c1ccc(N(c2ccc(-c3nc4ccccc4o3)cc2)c2ccc3nc(-c4ccc5nc(-c6ccc7c(c6)c6ccccc6n7-c6ccccc6)oc5c4)oc3c2)cc1. The van der Waals surface area contributed by atoms with Crippen molar-refractivity contribution >= 4 is 72.2 Å². The minimum absolute atomic E-state index is 0.501. The van der Waals surface area contributed by atoms with Crippen LogP contribution in [0, 0.1) is 0 Å². The third-order valence-electron chi connectivity index (χ3n) is 10.9. The van der Waals surface area contributed by atoms with Crippen LogP contribution in [-0.4, -0.2) is 19.5 Å². The molecule has 278 valence electrons. The monoisotopic (exact) mass is 761 g/mol. The number of hydrogen-bond acceptors (Lipinski definition) is 7. The van der Waals surface area contributed by atoms with Crippen LogP contribution in [0.4, 0.5) is 17.1 Å². The second-order valence-corrected chi connectivity index (χ2v) is 14.5. The van der Waals surface area contributed by atoms with Gasteiger partial charge in [-0.05, 0) is 115 Å². The second kappa shape index (κ2) is 13.2. The zero-order valence-corrected chi connectivity index (χ0v) is 31.4. The van der Waals surface area contributed by atoms with Gasteiger partial charge < -0.3 is 22.7 Å². The summed E-state index contributed by atoms with van der Waals surface area (Å²) in [6, 6.07) is 63.6. The normalized spacial score (nSPS) is 11.7. The molecular formula is C51H31N5O3. The number of hydrogen-bond donors (Lipinski definition) is 0. The molecule has 0 spiro atoms. The molecule has 0 unspecified atom stereocenters. The standard InChI is InChI=1S/C51H31N5O3/c1-3-11-35(12-4-1)55(37-23-19-32(20-24-37)49-52-41-16-8-10-18-46(41)57-49)38-25-27-43-48(31-38)59-51(54-43)34-21-26-42-47(30-34)58-50(53-42)33-22-28-45-40(29-33)39-15-7-9-17-44(39)56(45)36-13-5-2-6-14-36/h1-31H. The van der Waals surface area contributed by atoms with Gasteiger partial charge in [0.25, 0.3) is 0 Å². The van der Waals surface area contributed by atoms with Gasteiger partial charge in [-0.1, -0.05) is 66.7 Å². The highest BCUT2D eigenvalue weighted by Crippen LogP contribution is 2.39. The smallest absolute Gasteiger partial charge is 0.227 e. The molecule has 4 aromatic heterocycles. The average molecular weight is 762 g/mol. The van der Waals surface area contributed by atoms with E-state index in [2.05, 4.69) is 112 Å². The van der Waals surface area contributed by atoms with E-state index in [-0.39, 0.29) is 0 Å². The van der Waals surface area contributed by atoms with Crippen molar-refractivity contribution in [3.05, 3.63) is 188 Å². The quantitative estimate of drug-likeness (QED) is 0.160. The predicted molar refractivity (Wildman–Crippen MR) is 234 cm³/mol. The Hall–Kier alpha value is -8.23. The highest BCUT2D eigenvalue weighted by Gasteiger charge is 2.19. The van der Waals surface area contributed by atoms with Gasteiger partial charge in [0.2, 0.25) is 17.7 Å². The molecule has 8 aromatic carbocycles. The second-order valence-electron chi connectivity index (χ2n) is 14.5. The maximum atomic E-state index is 6.47. The van der Waals surface area contributed by atoms with Crippen LogP contribution in [0.2, 0.25) is 0 Å². The molecule has 0 aliphatic carbocycles. The van der Waals surface area contributed by atoms with E-state index in [0.29, 0.717) is 28.8 Å². The molecule has 0 aliphatic heterocycles. The van der Waals surface area contributed by atoms with E-state index in [1.807, 2.05) is 91.0 Å². The third-order valence-corrected chi connectivity index (χ3v) is 10.9. The molecule has 0 fully saturated rings. The lowest BCUT2D eigenvalue weighted by atomic mass is 10.1. The fourth-order valence-corrected chi connectivity index (χ4v) is 8.09. The number of aromatic nitrogens is 4. The summed E-state index contributed by atoms with van der Waals surface area (Å²) < 4.78 is 21.2. The summed E-state index contributed by atoms with van der Waals surface area (Å²) in [5.41, 5.74) is 13.4. The molecule has 0 N–H and O–H groups in total. The molecule has 0 saturated carbocycles. The van der Waals surface area contributed by atoms with Crippen molar-refractivity contribution in [2.24, 2.45) is 0 Å². The summed E-state index contributed by atoms with van der Waals surface area (Å²) in [4.78, 5) is 16.7. The number of nitrogens with zero attached hydrogens (tertiary/aromatic N) is 5. The van der Waals surface area contributed by atoms with E-state index in [1.54, 1.807) is 0 Å². The number of oxazole rings is 3. The molecule has 0 saturated heterocycles. The topological polar surface area (TPSA) is 86.3 Å². The highest BCUT2D eigenvalue weighted by molar-refractivity contribution is 6.10. The molecule has 8 nitrogen and oxygen atoms in total. The van der Waals surface area contributed by atoms with Gasteiger partial charge in [-0.25, -0.2) is 15.0 Å². The lowest BCUT2D eigenvalue weighted by molar-refractivity contribution is 0.614. The van der Waals surface area contributed by atoms with Crippen LogP contribution in [-0.2, 0) is 0 Å². The van der Waals surface area contributed by atoms with E-state index in [0.717, 1.165) is 78.0 Å². The van der Waals surface area contributed by atoms with Crippen LogP contribution in [0.1, 0.15) is 0 Å². The van der Waals surface area contributed by atoms with Crippen LogP contribution in [0.15, 0.2) is 201 Å². The maximum absolute atomic E-state index is 6.47. The van der Waals surface area contributed by atoms with Gasteiger partial charge in [-0.3, -0.25) is 0 Å². The molecule has 4 heterocycles. The Morgan fingerprint density at radius 1 is 0.356 bits per heavy atom. The van der Waals surface area contributed by atoms with E-state index in [1.165, 1.54) is 5.39 Å². The van der Waals surface area contributed by atoms with E-state index in [4.69, 9.17) is 23.2 Å². The lowest BCUT2D eigenvalue weighted by Crippen LogP contribution is -2.09. The van der Waals surface area contributed by atoms with Gasteiger partial charge >= 0.3 is 0 Å². The number of anilines is 3. The van der Waals surface area contributed by atoms with Crippen molar-refractivity contribution in [1.82, 2.24) is 19.5 Å². The molecule has 12 aromatic rings. The van der Waals surface area contributed by atoms with Gasteiger partial charge in [-0.15, -0.1) is 0 Å². The van der Waals surface area contributed by atoms with Crippen molar-refractivity contribution < 1.29 is 13.3 Å². The number of fused-ring (bicyclic) bond motifs is 6. The lowest BCUT2D eigenvalue weighted by Gasteiger charge is -2.25. The van der Waals surface area contributed by atoms with E-state index >= 15 is 0 Å². The van der Waals surface area contributed by atoms with Crippen LogP contribution in [0.3, 0.4) is 0 Å². The summed E-state index contributed by atoms with van der Waals surface area (Å²) in [6.45, 7) is 0. The van der Waals surface area contributed by atoms with Crippen LogP contribution in [0.25, 0.3) is 95.2 Å². The Morgan fingerprint density at radius 2 is 0.881 bits per heavy atom. The Labute approximate surface area is 336 Å². The Balaban J connectivity index is 0.875. The van der Waals surface area contributed by atoms with E-state index < -0.39 is 0 Å². The zero-order chi connectivity index (χ0) is 38.9. The van der Waals surface area contributed by atoms with Gasteiger partial charge in [0.15, 0.2) is 16.7 Å². The summed E-state index contributed by atoms with van der Waals surface area (Å²) >= 11 is 0. The first-order valence-corrected chi connectivity index (χ1v) is 19.4. The van der Waals surface area contributed by atoms with Gasteiger partial charge in [0.05, 0.1) is 11.0 Å². The van der Waals surface area contributed by atoms with Crippen LogP contribution >= 0.6 is 0 Å². The van der Waals surface area contributed by atoms with Crippen molar-refractivity contribution in [3.63, 3.8) is 0 Å². The Bertz CT molecular complexity index is 3480.